The fourth-order valence-electron chi connectivity index (χ4n) is 9.34. The van der Waals surface area contributed by atoms with Crippen LogP contribution < -0.4 is 5.32 Å². The van der Waals surface area contributed by atoms with Crippen LogP contribution in [0.4, 0.5) is 0 Å². The summed E-state index contributed by atoms with van der Waals surface area (Å²) in [5, 5.41) is 22.9. The van der Waals surface area contributed by atoms with Crippen molar-refractivity contribution in [2.75, 3.05) is 13.2 Å². The zero-order valence-corrected chi connectivity index (χ0v) is 45.1. The van der Waals surface area contributed by atoms with Gasteiger partial charge in [0.2, 0.25) is 5.91 Å². The number of carbonyl (C=O) groups is 2. The van der Waals surface area contributed by atoms with Gasteiger partial charge >= 0.3 is 5.97 Å². The van der Waals surface area contributed by atoms with Crippen LogP contribution >= 0.6 is 0 Å². The Hall–Kier alpha value is -1.66. The van der Waals surface area contributed by atoms with E-state index in [0.29, 0.717) is 19.4 Å². The molecule has 0 radical (unpaired) electrons. The first-order valence-corrected chi connectivity index (χ1v) is 30.1. The number of nitrogens with one attached hydrogen (secondary N) is 1. The second kappa shape index (κ2) is 56.9. The Morgan fingerprint density at radius 1 is 0.403 bits per heavy atom. The number of unbranched alkanes of at least 4 members (excludes halogenated alkanes) is 43. The van der Waals surface area contributed by atoms with Crippen LogP contribution in [0.1, 0.15) is 328 Å². The molecule has 6 heteroatoms. The summed E-state index contributed by atoms with van der Waals surface area (Å²) in [5.74, 6) is -0.0572. The smallest absolute Gasteiger partial charge is 0.305 e. The van der Waals surface area contributed by atoms with Gasteiger partial charge in [-0.15, -0.1) is 0 Å². The lowest BCUT2D eigenvalue weighted by Gasteiger charge is -2.20. The Labute approximate surface area is 418 Å². The van der Waals surface area contributed by atoms with E-state index in [1.165, 1.54) is 257 Å². The van der Waals surface area contributed by atoms with Gasteiger partial charge in [-0.2, -0.15) is 0 Å². The zero-order valence-electron chi connectivity index (χ0n) is 45.1. The number of aliphatic hydroxyl groups is 2. The largest absolute Gasteiger partial charge is 0.466 e. The molecule has 0 bridgehead atoms. The summed E-state index contributed by atoms with van der Waals surface area (Å²) >= 11 is 0. The number of ether oxygens (including phenoxy) is 1. The molecular formula is C61H117NO5. The van der Waals surface area contributed by atoms with E-state index in [9.17, 15) is 19.8 Å². The Bertz CT molecular complexity index is 1040. The highest BCUT2D eigenvalue weighted by atomic mass is 16.5. The molecule has 396 valence electrons. The molecule has 3 N–H and O–H groups in total. The van der Waals surface area contributed by atoms with Gasteiger partial charge in [0, 0.05) is 12.8 Å². The standard InChI is InChI=1S/C61H117NO5/c1-3-5-7-9-11-13-14-15-16-25-29-32-35-39-43-47-51-55-61(66)67-56-52-48-44-40-36-33-30-27-24-22-20-18-17-19-21-23-26-28-31-34-38-42-46-50-54-60(65)62-58(57-63)59(64)53-49-45-41-37-12-10-8-6-4-2/h15-16,49,53,58-59,63-64H,3-14,17-48,50-52,54-57H2,1-2H3,(H,62,65)/b16-15-,53-49+. The fraction of sp³-hybridized carbons (Fsp3) is 0.902. The molecule has 2 unspecified atom stereocenters. The summed E-state index contributed by atoms with van der Waals surface area (Å²) in [6, 6.07) is -0.624. The van der Waals surface area contributed by atoms with E-state index in [2.05, 4.69) is 31.3 Å². The van der Waals surface area contributed by atoms with Crippen molar-refractivity contribution in [2.24, 2.45) is 0 Å². The molecule has 0 fully saturated rings. The molecule has 0 aliphatic carbocycles. The molecule has 0 saturated heterocycles. The molecule has 0 heterocycles. The number of carbonyl (C=O) groups excluding carboxylic acids is 2. The molecule has 0 aliphatic heterocycles. The van der Waals surface area contributed by atoms with Crippen molar-refractivity contribution >= 4 is 11.9 Å². The number of hydrogen-bond acceptors (Lipinski definition) is 5. The Morgan fingerprint density at radius 3 is 1.06 bits per heavy atom. The highest BCUT2D eigenvalue weighted by Gasteiger charge is 2.18. The second-order valence-corrected chi connectivity index (χ2v) is 20.7. The summed E-state index contributed by atoms with van der Waals surface area (Å²) in [5.41, 5.74) is 0. The molecule has 6 nitrogen and oxygen atoms in total. The van der Waals surface area contributed by atoms with Crippen LogP contribution in [0.15, 0.2) is 24.3 Å². The van der Waals surface area contributed by atoms with Crippen LogP contribution in [0.3, 0.4) is 0 Å². The van der Waals surface area contributed by atoms with Gasteiger partial charge in [-0.3, -0.25) is 9.59 Å². The second-order valence-electron chi connectivity index (χ2n) is 20.7. The van der Waals surface area contributed by atoms with E-state index >= 15 is 0 Å². The summed E-state index contributed by atoms with van der Waals surface area (Å²) in [6.07, 6.45) is 69.4. The fourth-order valence-corrected chi connectivity index (χ4v) is 9.34. The van der Waals surface area contributed by atoms with E-state index in [0.717, 1.165) is 44.9 Å². The molecule has 0 aromatic heterocycles. The summed E-state index contributed by atoms with van der Waals surface area (Å²) < 4.78 is 5.49. The quantitative estimate of drug-likeness (QED) is 0.0321. The van der Waals surface area contributed by atoms with Gasteiger partial charge in [0.05, 0.1) is 25.4 Å². The van der Waals surface area contributed by atoms with Gasteiger partial charge in [-0.1, -0.05) is 282 Å². The Balaban J connectivity index is 3.34. The molecule has 0 rings (SSSR count). The maximum Gasteiger partial charge on any atom is 0.305 e. The van der Waals surface area contributed by atoms with Gasteiger partial charge in [0.15, 0.2) is 0 Å². The zero-order chi connectivity index (χ0) is 48.6. The molecular weight excluding hydrogens is 827 g/mol. The van der Waals surface area contributed by atoms with Crippen molar-refractivity contribution in [3.05, 3.63) is 24.3 Å². The van der Waals surface area contributed by atoms with E-state index in [-0.39, 0.29) is 18.5 Å². The third-order valence-corrected chi connectivity index (χ3v) is 14.0. The lowest BCUT2D eigenvalue weighted by molar-refractivity contribution is -0.143. The average molecular weight is 945 g/mol. The van der Waals surface area contributed by atoms with Crippen molar-refractivity contribution in [3.8, 4) is 0 Å². The van der Waals surface area contributed by atoms with E-state index in [1.54, 1.807) is 6.08 Å². The normalized spacial score (nSPS) is 12.7. The van der Waals surface area contributed by atoms with Crippen molar-refractivity contribution < 1.29 is 24.5 Å². The van der Waals surface area contributed by atoms with Gasteiger partial charge in [0.25, 0.3) is 0 Å². The van der Waals surface area contributed by atoms with E-state index in [4.69, 9.17) is 4.74 Å². The molecule has 0 aromatic rings. The topological polar surface area (TPSA) is 95.9 Å². The minimum Gasteiger partial charge on any atom is -0.466 e. The number of esters is 1. The van der Waals surface area contributed by atoms with Crippen LogP contribution in [0.25, 0.3) is 0 Å². The minimum absolute atomic E-state index is 0.0116. The van der Waals surface area contributed by atoms with Crippen molar-refractivity contribution in [3.63, 3.8) is 0 Å². The summed E-state index contributed by atoms with van der Waals surface area (Å²) in [4.78, 5) is 24.5. The van der Waals surface area contributed by atoms with Gasteiger partial charge in [-0.25, -0.2) is 0 Å². The molecule has 1 amide bonds. The number of aliphatic hydroxyl groups excluding tert-OH is 2. The lowest BCUT2D eigenvalue weighted by Crippen LogP contribution is -2.45. The number of allylic oxidation sites excluding steroid dienone is 3. The highest BCUT2D eigenvalue weighted by molar-refractivity contribution is 5.76. The van der Waals surface area contributed by atoms with Crippen molar-refractivity contribution in [1.82, 2.24) is 5.32 Å². The number of rotatable bonds is 56. The summed E-state index contributed by atoms with van der Waals surface area (Å²) in [7, 11) is 0. The minimum atomic E-state index is -0.841. The number of hydrogen-bond donors (Lipinski definition) is 3. The first-order chi connectivity index (χ1) is 33.0. The molecule has 0 saturated carbocycles. The SMILES string of the molecule is CCCCCCCC/C=C\CCCCCCCCCC(=O)OCCCCCCCCCCCCCCCCCCCCCCCCCCC(=O)NC(CO)C(O)/C=C/CCCCCCCCC. The van der Waals surface area contributed by atoms with Crippen LogP contribution in [-0.2, 0) is 14.3 Å². The van der Waals surface area contributed by atoms with Crippen LogP contribution in [0, 0.1) is 0 Å². The van der Waals surface area contributed by atoms with Gasteiger partial charge in [-0.05, 0) is 57.8 Å². The Morgan fingerprint density at radius 2 is 0.701 bits per heavy atom. The predicted molar refractivity (Wildman–Crippen MR) is 292 cm³/mol. The van der Waals surface area contributed by atoms with E-state index in [1.807, 2.05) is 6.08 Å². The molecule has 2 atom stereocenters. The third-order valence-electron chi connectivity index (χ3n) is 14.0. The highest BCUT2D eigenvalue weighted by Crippen LogP contribution is 2.17. The lowest BCUT2D eigenvalue weighted by atomic mass is 10.0. The molecule has 67 heavy (non-hydrogen) atoms. The first-order valence-electron chi connectivity index (χ1n) is 30.1. The molecule has 0 aromatic carbocycles. The van der Waals surface area contributed by atoms with Crippen LogP contribution in [-0.4, -0.2) is 47.4 Å². The van der Waals surface area contributed by atoms with Crippen LogP contribution in [0.2, 0.25) is 0 Å². The molecule has 0 aliphatic rings. The average Bonchev–Trinajstić information content (AvgIpc) is 3.33. The van der Waals surface area contributed by atoms with E-state index < -0.39 is 12.1 Å². The predicted octanol–water partition coefficient (Wildman–Crippen LogP) is 18.6. The van der Waals surface area contributed by atoms with Gasteiger partial charge in [0.1, 0.15) is 0 Å². The van der Waals surface area contributed by atoms with Crippen molar-refractivity contribution in [2.45, 2.75) is 341 Å². The third kappa shape index (κ3) is 53.5. The van der Waals surface area contributed by atoms with Gasteiger partial charge < -0.3 is 20.3 Å². The van der Waals surface area contributed by atoms with Crippen molar-refractivity contribution in [1.29, 1.82) is 0 Å². The summed E-state index contributed by atoms with van der Waals surface area (Å²) in [6.45, 7) is 4.88. The van der Waals surface area contributed by atoms with Crippen LogP contribution in [0.5, 0.6) is 0 Å². The molecule has 0 spiro atoms. The maximum atomic E-state index is 12.4. The Kier molecular flexibility index (Phi) is 55.5. The maximum absolute atomic E-state index is 12.4. The number of amides is 1. The first kappa shape index (κ1) is 65.3. The monoisotopic (exact) mass is 944 g/mol.